The van der Waals surface area contributed by atoms with E-state index in [0.717, 1.165) is 38.5 Å². The van der Waals surface area contributed by atoms with Crippen LogP contribution in [0.1, 0.15) is 45.4 Å². The molecule has 0 aromatic rings. The van der Waals surface area contributed by atoms with Crippen LogP contribution in [0.3, 0.4) is 0 Å². The number of hydrogen-bond acceptors (Lipinski definition) is 3. The fraction of sp³-hybridized carbons (Fsp3) is 1.00. The number of aliphatic hydroxyl groups excluding tert-OH is 1. The summed E-state index contributed by atoms with van der Waals surface area (Å²) in [5.74, 6) is 0.795. The van der Waals surface area contributed by atoms with E-state index in [0.29, 0.717) is 6.04 Å². The normalized spacial score (nSPS) is 38.0. The first-order chi connectivity index (χ1) is 8.67. The van der Waals surface area contributed by atoms with Crippen molar-refractivity contribution in [2.24, 2.45) is 11.3 Å². The molecule has 18 heavy (non-hydrogen) atoms. The maximum absolute atomic E-state index is 9.75. The van der Waals surface area contributed by atoms with Gasteiger partial charge in [-0.15, -0.1) is 0 Å². The van der Waals surface area contributed by atoms with E-state index in [1.807, 2.05) is 0 Å². The van der Waals surface area contributed by atoms with Crippen LogP contribution in [0.5, 0.6) is 0 Å². The van der Waals surface area contributed by atoms with E-state index in [4.69, 9.17) is 4.74 Å². The predicted molar refractivity (Wildman–Crippen MR) is 73.6 cm³/mol. The summed E-state index contributed by atoms with van der Waals surface area (Å²) in [4.78, 5) is 2.49. The van der Waals surface area contributed by atoms with Crippen LogP contribution in [0.15, 0.2) is 0 Å². The molecule has 1 aliphatic carbocycles. The van der Waals surface area contributed by atoms with Gasteiger partial charge in [-0.2, -0.15) is 0 Å². The summed E-state index contributed by atoms with van der Waals surface area (Å²) in [7, 11) is 2.23. The Bertz CT molecular complexity index is 251. The molecule has 0 amide bonds. The van der Waals surface area contributed by atoms with Crippen molar-refractivity contribution in [2.45, 2.75) is 51.5 Å². The molecule has 1 N–H and O–H groups in total. The van der Waals surface area contributed by atoms with Crippen LogP contribution >= 0.6 is 0 Å². The van der Waals surface area contributed by atoms with Crippen LogP contribution in [0.2, 0.25) is 0 Å². The Labute approximate surface area is 112 Å². The molecular formula is C15H29NO2. The van der Waals surface area contributed by atoms with Crippen molar-refractivity contribution in [1.29, 1.82) is 0 Å². The molecule has 0 radical (unpaired) electrons. The van der Waals surface area contributed by atoms with Crippen molar-refractivity contribution >= 4 is 0 Å². The minimum absolute atomic E-state index is 0.00975. The molecule has 1 saturated carbocycles. The summed E-state index contributed by atoms with van der Waals surface area (Å²) in [5, 5.41) is 9.75. The molecule has 3 nitrogen and oxygen atoms in total. The van der Waals surface area contributed by atoms with Crippen LogP contribution < -0.4 is 0 Å². The highest BCUT2D eigenvalue weighted by Gasteiger charge is 2.36. The Morgan fingerprint density at radius 1 is 1.28 bits per heavy atom. The third-order valence-electron chi connectivity index (χ3n) is 4.96. The predicted octanol–water partition coefficient (Wildman–Crippen LogP) is 2.29. The number of nitrogens with zero attached hydrogens (tertiary/aromatic N) is 1. The van der Waals surface area contributed by atoms with E-state index >= 15 is 0 Å². The van der Waals surface area contributed by atoms with Gasteiger partial charge in [0.1, 0.15) is 0 Å². The highest BCUT2D eigenvalue weighted by molar-refractivity contribution is 4.88. The van der Waals surface area contributed by atoms with E-state index in [-0.39, 0.29) is 12.0 Å². The third kappa shape index (κ3) is 3.25. The molecule has 2 fully saturated rings. The quantitative estimate of drug-likeness (QED) is 0.836. The van der Waals surface area contributed by atoms with E-state index < -0.39 is 0 Å². The lowest BCUT2D eigenvalue weighted by atomic mass is 9.80. The second kappa shape index (κ2) is 6.36. The van der Waals surface area contributed by atoms with Crippen LogP contribution in [0.25, 0.3) is 0 Å². The smallest absolute Gasteiger partial charge is 0.0556 e. The number of rotatable bonds is 4. The fourth-order valence-corrected chi connectivity index (χ4v) is 3.81. The zero-order valence-corrected chi connectivity index (χ0v) is 12.0. The van der Waals surface area contributed by atoms with Gasteiger partial charge >= 0.3 is 0 Å². The van der Waals surface area contributed by atoms with Gasteiger partial charge in [0.2, 0.25) is 0 Å². The lowest BCUT2D eigenvalue weighted by Crippen LogP contribution is -2.49. The number of ether oxygens (including phenoxy) is 1. The van der Waals surface area contributed by atoms with Crippen molar-refractivity contribution in [3.63, 3.8) is 0 Å². The van der Waals surface area contributed by atoms with Crippen LogP contribution in [0, 0.1) is 11.3 Å². The number of aliphatic hydroxyl groups is 1. The lowest BCUT2D eigenvalue weighted by Gasteiger charge is -2.43. The van der Waals surface area contributed by atoms with Gasteiger partial charge in [-0.05, 0) is 38.6 Å². The standard InChI is InChI=1S/C15H29NO2/c1-13-6-3-4-7-14(13)16(2)10-15(11-17)8-5-9-18-12-15/h13-14,17H,3-12H2,1-2H3. The first kappa shape index (κ1) is 14.3. The molecule has 3 unspecified atom stereocenters. The molecule has 0 spiro atoms. The van der Waals surface area contributed by atoms with Gasteiger partial charge in [0, 0.05) is 24.6 Å². The Balaban J connectivity index is 1.93. The molecule has 3 atom stereocenters. The SMILES string of the molecule is CC1CCCCC1N(C)CC1(CO)CCCOC1. The second-order valence-electron chi connectivity index (χ2n) is 6.56. The Kier molecular flexibility index (Phi) is 5.05. The van der Waals surface area contributed by atoms with Crippen molar-refractivity contribution in [2.75, 3.05) is 33.4 Å². The monoisotopic (exact) mass is 255 g/mol. The molecule has 0 aromatic heterocycles. The molecule has 106 valence electrons. The highest BCUT2D eigenvalue weighted by atomic mass is 16.5. The van der Waals surface area contributed by atoms with Gasteiger partial charge < -0.3 is 14.7 Å². The Morgan fingerprint density at radius 2 is 2.06 bits per heavy atom. The minimum Gasteiger partial charge on any atom is -0.396 e. The molecule has 1 heterocycles. The van der Waals surface area contributed by atoms with Crippen molar-refractivity contribution in [3.8, 4) is 0 Å². The van der Waals surface area contributed by atoms with Crippen LogP contribution in [-0.2, 0) is 4.74 Å². The van der Waals surface area contributed by atoms with Crippen molar-refractivity contribution < 1.29 is 9.84 Å². The van der Waals surface area contributed by atoms with Gasteiger partial charge in [0.15, 0.2) is 0 Å². The molecule has 1 aliphatic heterocycles. The lowest BCUT2D eigenvalue weighted by molar-refractivity contribution is -0.0617. The molecule has 2 rings (SSSR count). The van der Waals surface area contributed by atoms with E-state index in [1.165, 1.54) is 25.7 Å². The largest absolute Gasteiger partial charge is 0.396 e. The first-order valence-corrected chi connectivity index (χ1v) is 7.56. The first-order valence-electron chi connectivity index (χ1n) is 7.56. The Hall–Kier alpha value is -0.120. The molecule has 1 saturated heterocycles. The molecular weight excluding hydrogens is 226 g/mol. The van der Waals surface area contributed by atoms with Gasteiger partial charge in [-0.1, -0.05) is 19.8 Å². The van der Waals surface area contributed by atoms with Gasteiger partial charge in [0.05, 0.1) is 13.2 Å². The zero-order chi connectivity index (χ0) is 13.0. The van der Waals surface area contributed by atoms with Gasteiger partial charge in [0.25, 0.3) is 0 Å². The van der Waals surface area contributed by atoms with Crippen molar-refractivity contribution in [1.82, 2.24) is 4.90 Å². The summed E-state index contributed by atoms with van der Waals surface area (Å²) in [5.41, 5.74) is -0.00975. The minimum atomic E-state index is -0.00975. The maximum Gasteiger partial charge on any atom is 0.0556 e. The van der Waals surface area contributed by atoms with Crippen molar-refractivity contribution in [3.05, 3.63) is 0 Å². The third-order valence-corrected chi connectivity index (χ3v) is 4.96. The zero-order valence-electron chi connectivity index (χ0n) is 12.0. The second-order valence-corrected chi connectivity index (χ2v) is 6.56. The molecule has 2 aliphatic rings. The van der Waals surface area contributed by atoms with E-state index in [1.54, 1.807) is 0 Å². The average molecular weight is 255 g/mol. The topological polar surface area (TPSA) is 32.7 Å². The summed E-state index contributed by atoms with van der Waals surface area (Å²) in [6.45, 7) is 5.22. The molecule has 0 aromatic carbocycles. The molecule has 0 bridgehead atoms. The summed E-state index contributed by atoms with van der Waals surface area (Å²) < 4.78 is 5.60. The average Bonchev–Trinajstić information content (AvgIpc) is 2.40. The Morgan fingerprint density at radius 3 is 2.67 bits per heavy atom. The summed E-state index contributed by atoms with van der Waals surface area (Å²) in [6.07, 6.45) is 7.63. The summed E-state index contributed by atoms with van der Waals surface area (Å²) in [6, 6.07) is 0.698. The fourth-order valence-electron chi connectivity index (χ4n) is 3.81. The van der Waals surface area contributed by atoms with Crippen LogP contribution in [-0.4, -0.2) is 49.5 Å². The van der Waals surface area contributed by atoms with Crippen LogP contribution in [0.4, 0.5) is 0 Å². The number of hydrogen-bond donors (Lipinski definition) is 1. The van der Waals surface area contributed by atoms with E-state index in [2.05, 4.69) is 18.9 Å². The van der Waals surface area contributed by atoms with E-state index in [9.17, 15) is 5.11 Å². The molecule has 3 heteroatoms. The van der Waals surface area contributed by atoms with Gasteiger partial charge in [-0.25, -0.2) is 0 Å². The highest BCUT2D eigenvalue weighted by Crippen LogP contribution is 2.33. The summed E-state index contributed by atoms with van der Waals surface area (Å²) >= 11 is 0. The maximum atomic E-state index is 9.75. The van der Waals surface area contributed by atoms with Gasteiger partial charge in [-0.3, -0.25) is 0 Å².